The standard InChI is InChI=1S/C45H48N4O/c1-10-28(4)35-21-37(48-26-36(25-47-48)45-32(8)30(6)29(5)31(7)33(45)9)23-39(22-35)50-38-15-16-41-40-13-11-12-14-42(40)49(43(41)24-38)44-20-34(17-18-46-44)19-27(2)3/h11-18,20-28H,10,19H2,1-9H3. The number of aromatic nitrogens is 4. The van der Waals surface area contributed by atoms with Crippen LogP contribution in [0.25, 0.3) is 44.4 Å². The van der Waals surface area contributed by atoms with E-state index in [4.69, 9.17) is 14.8 Å². The Hall–Kier alpha value is -5.16. The van der Waals surface area contributed by atoms with Crippen molar-refractivity contribution in [2.75, 3.05) is 0 Å². The number of pyridine rings is 1. The van der Waals surface area contributed by atoms with Gasteiger partial charge in [0.1, 0.15) is 17.3 Å². The molecule has 4 aromatic carbocycles. The fourth-order valence-corrected chi connectivity index (χ4v) is 7.42. The van der Waals surface area contributed by atoms with Crippen LogP contribution in [0.2, 0.25) is 0 Å². The summed E-state index contributed by atoms with van der Waals surface area (Å²) in [5, 5.41) is 7.26. The van der Waals surface area contributed by atoms with Crippen LogP contribution in [0.3, 0.4) is 0 Å². The number of nitrogens with zero attached hydrogens (tertiary/aromatic N) is 4. The molecule has 0 spiro atoms. The lowest BCUT2D eigenvalue weighted by molar-refractivity contribution is 0.481. The van der Waals surface area contributed by atoms with E-state index in [0.717, 1.165) is 52.4 Å². The molecule has 0 N–H and O–H groups in total. The van der Waals surface area contributed by atoms with Crippen molar-refractivity contribution in [2.45, 2.75) is 81.1 Å². The summed E-state index contributed by atoms with van der Waals surface area (Å²) >= 11 is 0. The first kappa shape index (κ1) is 33.3. The van der Waals surface area contributed by atoms with Crippen LogP contribution in [0.4, 0.5) is 0 Å². The highest BCUT2D eigenvalue weighted by atomic mass is 16.5. The molecule has 0 aliphatic rings. The molecule has 3 aromatic heterocycles. The molecule has 0 radical (unpaired) electrons. The van der Waals surface area contributed by atoms with E-state index < -0.39 is 0 Å². The zero-order valence-electron chi connectivity index (χ0n) is 30.9. The second-order valence-corrected chi connectivity index (χ2v) is 14.5. The van der Waals surface area contributed by atoms with Crippen molar-refractivity contribution in [3.8, 4) is 34.1 Å². The lowest BCUT2D eigenvalue weighted by atomic mass is 9.87. The molecule has 50 heavy (non-hydrogen) atoms. The van der Waals surface area contributed by atoms with E-state index in [1.54, 1.807) is 0 Å². The molecule has 0 aliphatic heterocycles. The topological polar surface area (TPSA) is 44.9 Å². The Balaban J connectivity index is 1.31. The van der Waals surface area contributed by atoms with E-state index in [9.17, 15) is 0 Å². The van der Waals surface area contributed by atoms with Crippen LogP contribution in [0.15, 0.2) is 91.4 Å². The highest BCUT2D eigenvalue weighted by molar-refractivity contribution is 6.09. The molecule has 3 heterocycles. The third-order valence-electron chi connectivity index (χ3n) is 10.8. The van der Waals surface area contributed by atoms with Crippen molar-refractivity contribution in [3.63, 3.8) is 0 Å². The number of rotatable bonds is 9. The zero-order chi connectivity index (χ0) is 35.3. The van der Waals surface area contributed by atoms with Crippen LogP contribution in [-0.4, -0.2) is 19.3 Å². The van der Waals surface area contributed by atoms with Gasteiger partial charge in [-0.15, -0.1) is 0 Å². The van der Waals surface area contributed by atoms with Crippen LogP contribution >= 0.6 is 0 Å². The molecule has 1 unspecified atom stereocenters. The predicted octanol–water partition coefficient (Wildman–Crippen LogP) is 12.1. The Kier molecular flexibility index (Phi) is 8.86. The molecule has 5 heteroatoms. The van der Waals surface area contributed by atoms with Gasteiger partial charge in [-0.3, -0.25) is 4.57 Å². The molecule has 0 aliphatic carbocycles. The first-order valence-corrected chi connectivity index (χ1v) is 18.0. The van der Waals surface area contributed by atoms with Gasteiger partial charge in [-0.1, -0.05) is 45.9 Å². The van der Waals surface area contributed by atoms with E-state index in [0.29, 0.717) is 11.8 Å². The average molecular weight is 661 g/mol. The smallest absolute Gasteiger partial charge is 0.137 e. The van der Waals surface area contributed by atoms with Crippen molar-refractivity contribution in [1.82, 2.24) is 19.3 Å². The van der Waals surface area contributed by atoms with Crippen LogP contribution in [0.1, 0.15) is 79.0 Å². The number of benzene rings is 4. The van der Waals surface area contributed by atoms with Gasteiger partial charge >= 0.3 is 0 Å². The van der Waals surface area contributed by atoms with Gasteiger partial charge in [-0.05, 0) is 146 Å². The van der Waals surface area contributed by atoms with Crippen LogP contribution < -0.4 is 4.74 Å². The third-order valence-corrected chi connectivity index (χ3v) is 10.8. The van der Waals surface area contributed by atoms with Gasteiger partial charge in [-0.25, -0.2) is 9.67 Å². The minimum Gasteiger partial charge on any atom is -0.457 e. The van der Waals surface area contributed by atoms with E-state index in [2.05, 4.69) is 146 Å². The van der Waals surface area contributed by atoms with Crippen molar-refractivity contribution in [3.05, 3.63) is 130 Å². The molecular weight excluding hydrogens is 613 g/mol. The number of para-hydroxylation sites is 1. The maximum atomic E-state index is 6.75. The fraction of sp³-hybridized carbons (Fsp3) is 0.289. The van der Waals surface area contributed by atoms with E-state index in [-0.39, 0.29) is 0 Å². The summed E-state index contributed by atoms with van der Waals surface area (Å²) in [7, 11) is 0. The predicted molar refractivity (Wildman–Crippen MR) is 209 cm³/mol. The minimum absolute atomic E-state index is 0.369. The maximum Gasteiger partial charge on any atom is 0.137 e. The second kappa shape index (κ2) is 13.3. The molecule has 5 nitrogen and oxygen atoms in total. The molecule has 0 saturated heterocycles. The Morgan fingerprint density at radius 3 is 2.18 bits per heavy atom. The molecule has 7 aromatic rings. The van der Waals surface area contributed by atoms with Gasteiger partial charge in [0.25, 0.3) is 0 Å². The monoisotopic (exact) mass is 660 g/mol. The van der Waals surface area contributed by atoms with Gasteiger partial charge in [0.2, 0.25) is 0 Å². The average Bonchev–Trinajstić information content (AvgIpc) is 3.72. The summed E-state index contributed by atoms with van der Waals surface area (Å²) in [6.07, 6.45) is 8.13. The Labute approximate surface area is 296 Å². The number of hydrogen-bond donors (Lipinski definition) is 0. The fourth-order valence-electron chi connectivity index (χ4n) is 7.42. The minimum atomic E-state index is 0.369. The van der Waals surface area contributed by atoms with E-state index in [1.807, 2.05) is 17.1 Å². The van der Waals surface area contributed by atoms with Crippen LogP contribution in [0, 0.1) is 40.5 Å². The first-order valence-electron chi connectivity index (χ1n) is 18.0. The summed E-state index contributed by atoms with van der Waals surface area (Å²) in [6, 6.07) is 25.9. The quantitative estimate of drug-likeness (QED) is 0.155. The van der Waals surface area contributed by atoms with E-state index in [1.165, 1.54) is 55.3 Å². The molecule has 0 amide bonds. The second-order valence-electron chi connectivity index (χ2n) is 14.5. The van der Waals surface area contributed by atoms with Crippen molar-refractivity contribution in [2.24, 2.45) is 5.92 Å². The summed E-state index contributed by atoms with van der Waals surface area (Å²) in [5.74, 6) is 3.44. The highest BCUT2D eigenvalue weighted by Crippen LogP contribution is 2.38. The lowest BCUT2D eigenvalue weighted by Crippen LogP contribution is -2.01. The Morgan fingerprint density at radius 1 is 0.720 bits per heavy atom. The number of ether oxygens (including phenoxy) is 1. The molecular formula is C45H48N4O. The van der Waals surface area contributed by atoms with Gasteiger partial charge < -0.3 is 4.74 Å². The Bertz CT molecular complexity index is 2340. The number of hydrogen-bond acceptors (Lipinski definition) is 3. The molecule has 254 valence electrons. The lowest BCUT2D eigenvalue weighted by Gasteiger charge is -2.18. The van der Waals surface area contributed by atoms with Gasteiger partial charge in [0.05, 0.1) is 22.9 Å². The van der Waals surface area contributed by atoms with Gasteiger partial charge in [0.15, 0.2) is 0 Å². The summed E-state index contributed by atoms with van der Waals surface area (Å²) < 4.78 is 11.0. The van der Waals surface area contributed by atoms with Crippen molar-refractivity contribution < 1.29 is 4.74 Å². The molecule has 0 saturated carbocycles. The SMILES string of the molecule is CCC(C)c1cc(Oc2ccc3c4ccccc4n(-c4cc(CC(C)C)ccn4)c3c2)cc(-n2cc(-c3c(C)c(C)c(C)c(C)c3C)cn2)c1. The van der Waals surface area contributed by atoms with Crippen molar-refractivity contribution in [1.29, 1.82) is 0 Å². The molecule has 1 atom stereocenters. The normalized spacial score (nSPS) is 12.4. The molecule has 0 bridgehead atoms. The van der Waals surface area contributed by atoms with Crippen molar-refractivity contribution >= 4 is 21.8 Å². The van der Waals surface area contributed by atoms with Crippen LogP contribution in [-0.2, 0) is 6.42 Å². The maximum absolute atomic E-state index is 6.75. The molecule has 7 rings (SSSR count). The van der Waals surface area contributed by atoms with E-state index >= 15 is 0 Å². The Morgan fingerprint density at radius 2 is 1.44 bits per heavy atom. The first-order chi connectivity index (χ1) is 24.0. The largest absolute Gasteiger partial charge is 0.457 e. The summed E-state index contributed by atoms with van der Waals surface area (Å²) in [6.45, 7) is 20.1. The summed E-state index contributed by atoms with van der Waals surface area (Å²) in [4.78, 5) is 4.85. The third kappa shape index (κ3) is 6.00. The number of fused-ring (bicyclic) bond motifs is 3. The zero-order valence-corrected chi connectivity index (χ0v) is 30.9. The highest BCUT2D eigenvalue weighted by Gasteiger charge is 2.18. The summed E-state index contributed by atoms with van der Waals surface area (Å²) in [5.41, 5.74) is 14.8. The van der Waals surface area contributed by atoms with Gasteiger partial charge in [-0.2, -0.15) is 5.10 Å². The van der Waals surface area contributed by atoms with Gasteiger partial charge in [0, 0.05) is 40.9 Å². The van der Waals surface area contributed by atoms with Crippen LogP contribution in [0.5, 0.6) is 11.5 Å². The molecule has 0 fully saturated rings.